The van der Waals surface area contributed by atoms with Crippen molar-refractivity contribution in [3.05, 3.63) is 29.7 Å². The number of carbonyl (C=O) groups is 1. The third-order valence-corrected chi connectivity index (χ3v) is 1.67. The summed E-state index contributed by atoms with van der Waals surface area (Å²) in [6.07, 6.45) is 0.687. The second-order valence-electron chi connectivity index (χ2n) is 2.44. The fraction of sp³-hybridized carbons (Fsp3) is 0. The zero-order valence-corrected chi connectivity index (χ0v) is 6.52. The molecule has 0 bridgehead atoms. The van der Waals surface area contributed by atoms with Gasteiger partial charge in [-0.15, -0.1) is 0 Å². The summed E-state index contributed by atoms with van der Waals surface area (Å²) in [5, 5.41) is 8.51. The van der Waals surface area contributed by atoms with E-state index in [1.807, 2.05) is 0 Å². The summed E-state index contributed by atoms with van der Waals surface area (Å²) in [7, 11) is 0. The first-order valence-corrected chi connectivity index (χ1v) is 3.60. The highest BCUT2D eigenvalue weighted by atomic mass is 16.3. The molecule has 2 aromatic rings. The number of benzene rings is 1. The summed E-state index contributed by atoms with van der Waals surface area (Å²) >= 11 is 0. The largest absolute Gasteiger partial charge is 0.428 e. The highest BCUT2D eigenvalue weighted by Gasteiger charge is 2.07. The Morgan fingerprint density at radius 1 is 1.54 bits per heavy atom. The number of fused-ring (bicyclic) bond motifs is 1. The zero-order chi connectivity index (χ0) is 9.26. The number of nitrogens with zero attached hydrogens (tertiary/aromatic N) is 2. The molecular weight excluding hydrogens is 168 g/mol. The third kappa shape index (κ3) is 1.07. The zero-order valence-electron chi connectivity index (χ0n) is 6.52. The van der Waals surface area contributed by atoms with Gasteiger partial charge >= 0.3 is 5.89 Å². The number of carbonyl (C=O) groups excluding carboxylic acids is 1. The number of rotatable bonds is 1. The first kappa shape index (κ1) is 7.50. The predicted octanol–water partition coefficient (Wildman–Crippen LogP) is 1.51. The number of hydrogen-bond donors (Lipinski definition) is 0. The minimum atomic E-state index is -0.0238. The summed E-state index contributed by atoms with van der Waals surface area (Å²) in [4.78, 5) is 14.4. The second kappa shape index (κ2) is 2.72. The number of aromatic nitrogens is 1. The molecule has 0 spiro atoms. The average molecular weight is 172 g/mol. The molecule has 0 amide bonds. The van der Waals surface area contributed by atoms with E-state index in [1.165, 1.54) is 0 Å². The lowest BCUT2D eigenvalue weighted by Gasteiger charge is -1.87. The molecule has 4 heteroatoms. The van der Waals surface area contributed by atoms with Gasteiger partial charge in [0.05, 0.1) is 0 Å². The Hall–Kier alpha value is -2.15. The number of para-hydroxylation sites is 1. The molecule has 0 unspecified atom stereocenters. The smallest absolute Gasteiger partial charge is 0.301 e. The molecule has 4 nitrogen and oxygen atoms in total. The van der Waals surface area contributed by atoms with Crippen LogP contribution in [0.1, 0.15) is 16.2 Å². The van der Waals surface area contributed by atoms with Crippen LogP contribution in [0.25, 0.3) is 11.1 Å². The summed E-state index contributed by atoms with van der Waals surface area (Å²) in [5.41, 5.74) is 1.33. The Kier molecular flexibility index (Phi) is 1.57. The molecule has 0 saturated carbocycles. The Morgan fingerprint density at radius 3 is 3.08 bits per heavy atom. The molecule has 0 N–H and O–H groups in total. The van der Waals surface area contributed by atoms with Crippen molar-refractivity contribution in [1.29, 1.82) is 5.26 Å². The summed E-state index contributed by atoms with van der Waals surface area (Å²) < 4.78 is 5.03. The van der Waals surface area contributed by atoms with E-state index in [0.29, 0.717) is 22.9 Å². The van der Waals surface area contributed by atoms with E-state index in [-0.39, 0.29) is 5.89 Å². The van der Waals surface area contributed by atoms with Crippen molar-refractivity contribution < 1.29 is 9.21 Å². The van der Waals surface area contributed by atoms with Gasteiger partial charge in [0, 0.05) is 5.56 Å². The van der Waals surface area contributed by atoms with E-state index in [9.17, 15) is 4.79 Å². The number of oxazole rings is 1. The van der Waals surface area contributed by atoms with Crippen molar-refractivity contribution in [2.45, 2.75) is 0 Å². The molecule has 0 radical (unpaired) electrons. The predicted molar refractivity (Wildman–Crippen MR) is 44.1 cm³/mol. The highest BCUT2D eigenvalue weighted by molar-refractivity contribution is 5.93. The van der Waals surface area contributed by atoms with Crippen LogP contribution in [0.4, 0.5) is 0 Å². The van der Waals surface area contributed by atoms with Crippen molar-refractivity contribution in [3.8, 4) is 6.07 Å². The van der Waals surface area contributed by atoms with E-state index in [1.54, 1.807) is 24.3 Å². The van der Waals surface area contributed by atoms with Crippen LogP contribution in [0.5, 0.6) is 0 Å². The van der Waals surface area contributed by atoms with Crippen LogP contribution < -0.4 is 0 Å². The highest BCUT2D eigenvalue weighted by Crippen LogP contribution is 2.17. The van der Waals surface area contributed by atoms with Gasteiger partial charge in [0.1, 0.15) is 5.52 Å². The van der Waals surface area contributed by atoms with Crippen molar-refractivity contribution >= 4 is 17.4 Å². The van der Waals surface area contributed by atoms with Crippen LogP contribution >= 0.6 is 0 Å². The summed E-state index contributed by atoms with van der Waals surface area (Å²) in [6.45, 7) is 0. The first-order valence-electron chi connectivity index (χ1n) is 3.60. The van der Waals surface area contributed by atoms with E-state index in [0.717, 1.165) is 0 Å². The molecule has 2 rings (SSSR count). The molecule has 0 saturated heterocycles. The van der Waals surface area contributed by atoms with Crippen LogP contribution in [0, 0.1) is 11.3 Å². The Bertz CT molecular complexity index is 508. The SMILES string of the molecule is N#Cc1nc2c(C=O)cccc2o1. The number of hydrogen-bond acceptors (Lipinski definition) is 4. The molecule has 13 heavy (non-hydrogen) atoms. The number of aldehydes is 1. The molecule has 0 fully saturated rings. The molecule has 0 aliphatic carbocycles. The number of nitriles is 1. The van der Waals surface area contributed by atoms with E-state index in [4.69, 9.17) is 9.68 Å². The normalized spacial score (nSPS) is 9.77. The van der Waals surface area contributed by atoms with Gasteiger partial charge < -0.3 is 4.42 Å². The van der Waals surface area contributed by atoms with E-state index in [2.05, 4.69) is 4.98 Å². The lowest BCUT2D eigenvalue weighted by Crippen LogP contribution is -1.81. The maximum Gasteiger partial charge on any atom is 0.301 e. The standard InChI is InChI=1S/C9H4N2O2/c10-4-8-11-9-6(5-12)2-1-3-7(9)13-8/h1-3,5H. The van der Waals surface area contributed by atoms with Gasteiger partial charge in [0.2, 0.25) is 0 Å². The van der Waals surface area contributed by atoms with Gasteiger partial charge in [0.25, 0.3) is 0 Å². The van der Waals surface area contributed by atoms with Gasteiger partial charge in [-0.1, -0.05) is 6.07 Å². The maximum absolute atomic E-state index is 10.6. The van der Waals surface area contributed by atoms with Gasteiger partial charge in [-0.05, 0) is 12.1 Å². The van der Waals surface area contributed by atoms with Crippen molar-refractivity contribution in [3.63, 3.8) is 0 Å². The Balaban J connectivity index is 2.83. The van der Waals surface area contributed by atoms with Gasteiger partial charge in [-0.2, -0.15) is 10.2 Å². The Labute approximate surface area is 73.4 Å². The summed E-state index contributed by atoms with van der Waals surface area (Å²) in [5.74, 6) is -0.0238. The molecule has 1 aromatic heterocycles. The van der Waals surface area contributed by atoms with Crippen LogP contribution in [-0.2, 0) is 0 Å². The lowest BCUT2D eigenvalue weighted by molar-refractivity contribution is 0.112. The van der Waals surface area contributed by atoms with E-state index < -0.39 is 0 Å². The van der Waals surface area contributed by atoms with Crippen molar-refractivity contribution in [1.82, 2.24) is 4.98 Å². The maximum atomic E-state index is 10.6. The van der Waals surface area contributed by atoms with Crippen molar-refractivity contribution in [2.75, 3.05) is 0 Å². The van der Waals surface area contributed by atoms with Gasteiger partial charge in [-0.25, -0.2) is 0 Å². The Morgan fingerprint density at radius 2 is 2.38 bits per heavy atom. The molecule has 62 valence electrons. The fourth-order valence-corrected chi connectivity index (χ4v) is 1.11. The molecule has 1 heterocycles. The first-order chi connectivity index (χ1) is 6.35. The lowest BCUT2D eigenvalue weighted by atomic mass is 10.2. The second-order valence-corrected chi connectivity index (χ2v) is 2.44. The molecule has 0 aliphatic heterocycles. The fourth-order valence-electron chi connectivity index (χ4n) is 1.11. The molecule has 1 aromatic carbocycles. The topological polar surface area (TPSA) is 66.9 Å². The quantitative estimate of drug-likeness (QED) is 0.611. The average Bonchev–Trinajstić information content (AvgIpc) is 2.59. The van der Waals surface area contributed by atoms with Gasteiger partial charge in [0.15, 0.2) is 17.9 Å². The minimum Gasteiger partial charge on any atom is -0.428 e. The molecule has 0 aliphatic rings. The van der Waals surface area contributed by atoms with Crippen molar-refractivity contribution in [2.24, 2.45) is 0 Å². The minimum absolute atomic E-state index is 0.0238. The van der Waals surface area contributed by atoms with Crippen LogP contribution in [0.3, 0.4) is 0 Å². The van der Waals surface area contributed by atoms with Crippen LogP contribution in [0.15, 0.2) is 22.6 Å². The summed E-state index contributed by atoms with van der Waals surface area (Å²) in [6, 6.07) is 6.74. The molecule has 0 atom stereocenters. The van der Waals surface area contributed by atoms with Crippen LogP contribution in [0.2, 0.25) is 0 Å². The monoisotopic (exact) mass is 172 g/mol. The van der Waals surface area contributed by atoms with Gasteiger partial charge in [-0.3, -0.25) is 4.79 Å². The van der Waals surface area contributed by atoms with E-state index >= 15 is 0 Å². The van der Waals surface area contributed by atoms with Crippen LogP contribution in [-0.4, -0.2) is 11.3 Å². The third-order valence-electron chi connectivity index (χ3n) is 1.67. The molecular formula is C9H4N2O2.